The molecule has 0 atom stereocenters. The second-order valence-electron chi connectivity index (χ2n) is 16.1. The summed E-state index contributed by atoms with van der Waals surface area (Å²) in [6, 6.07) is 61.9. The molecule has 0 saturated heterocycles. The summed E-state index contributed by atoms with van der Waals surface area (Å²) in [5.74, 6) is 0. The Balaban J connectivity index is 0.00000204. The van der Waals surface area contributed by atoms with E-state index in [0.717, 1.165) is 47.2 Å². The van der Waals surface area contributed by atoms with Crippen molar-refractivity contribution in [2.24, 2.45) is 0 Å². The Labute approximate surface area is 388 Å². The molecular weight excluding hydrogens is 783 g/mol. The Morgan fingerprint density at radius 1 is 0.569 bits per heavy atom. The highest BCUT2D eigenvalue weighted by Gasteiger charge is 2.38. The highest BCUT2D eigenvalue weighted by molar-refractivity contribution is 6.10. The second-order valence-corrected chi connectivity index (χ2v) is 16.1. The van der Waals surface area contributed by atoms with Crippen LogP contribution in [0.4, 0.5) is 0 Å². The lowest BCUT2D eigenvalue weighted by Gasteiger charge is -2.38. The van der Waals surface area contributed by atoms with E-state index in [2.05, 4.69) is 263 Å². The number of benzene rings is 7. The summed E-state index contributed by atoms with van der Waals surface area (Å²) in [6.07, 6.45) is 26.7. The molecule has 65 heavy (non-hydrogen) atoms. The van der Waals surface area contributed by atoms with Crippen molar-refractivity contribution in [3.63, 3.8) is 0 Å². The zero-order chi connectivity index (χ0) is 45.4. The predicted molar refractivity (Wildman–Crippen MR) is 286 cm³/mol. The molecule has 0 bridgehead atoms. The Hall–Kier alpha value is -7.48. The first kappa shape index (κ1) is 45.5. The molecule has 0 fully saturated rings. The molecule has 0 aliphatic heterocycles. The maximum atomic E-state index is 4.41. The van der Waals surface area contributed by atoms with Crippen molar-refractivity contribution in [3.8, 4) is 16.8 Å². The first-order chi connectivity index (χ1) is 32.0. The van der Waals surface area contributed by atoms with E-state index >= 15 is 0 Å². The number of para-hydroxylation sites is 1. The zero-order valence-corrected chi connectivity index (χ0v) is 38.5. The van der Waals surface area contributed by atoms with Gasteiger partial charge in [0.05, 0.1) is 22.1 Å². The van der Waals surface area contributed by atoms with Gasteiger partial charge in [0.25, 0.3) is 0 Å². The summed E-state index contributed by atoms with van der Waals surface area (Å²) in [6.45, 7) is 16.1. The van der Waals surface area contributed by atoms with Gasteiger partial charge < -0.3 is 4.57 Å². The fourth-order valence-corrected chi connectivity index (χ4v) is 9.16. The lowest BCUT2D eigenvalue weighted by Crippen LogP contribution is -2.31. The van der Waals surface area contributed by atoms with E-state index in [-0.39, 0.29) is 0 Å². The van der Waals surface area contributed by atoms with E-state index in [4.69, 9.17) is 0 Å². The maximum Gasteiger partial charge on any atom is 0.0698 e. The molecule has 0 aliphatic carbocycles. The third-order valence-corrected chi connectivity index (χ3v) is 12.0. The average molecular weight is 844 g/mol. The third-order valence-electron chi connectivity index (χ3n) is 12.0. The first-order valence-corrected chi connectivity index (χ1v) is 23.0. The fourth-order valence-electron chi connectivity index (χ4n) is 9.16. The van der Waals surface area contributed by atoms with Crippen molar-refractivity contribution >= 4 is 40.0 Å². The van der Waals surface area contributed by atoms with Crippen molar-refractivity contribution in [2.75, 3.05) is 0 Å². The minimum absolute atomic E-state index is 0.505. The number of rotatable bonds is 15. The van der Waals surface area contributed by atoms with Crippen LogP contribution < -0.4 is 0 Å². The number of hydrogen-bond acceptors (Lipinski definition) is 0. The molecule has 1 nitrogen and oxygen atoms in total. The Bertz CT molecular complexity index is 2950. The molecular formula is C64H61N. The molecule has 0 amide bonds. The van der Waals surface area contributed by atoms with Crippen LogP contribution in [0.15, 0.2) is 237 Å². The van der Waals surface area contributed by atoms with Crippen LogP contribution in [-0.4, -0.2) is 4.57 Å². The summed E-state index contributed by atoms with van der Waals surface area (Å²) in [7, 11) is 0. The summed E-state index contributed by atoms with van der Waals surface area (Å²) in [4.78, 5) is 0. The first-order valence-electron chi connectivity index (χ1n) is 23.0. The molecule has 1 heteroatoms. The van der Waals surface area contributed by atoms with Gasteiger partial charge in [-0.3, -0.25) is 0 Å². The summed E-state index contributed by atoms with van der Waals surface area (Å²) < 4.78 is 2.43. The molecule has 0 N–H and O–H groups in total. The molecule has 0 unspecified atom stereocenters. The van der Waals surface area contributed by atoms with Crippen molar-refractivity contribution in [2.45, 2.75) is 52.4 Å². The topological polar surface area (TPSA) is 4.93 Å². The van der Waals surface area contributed by atoms with Gasteiger partial charge in [0.15, 0.2) is 0 Å². The standard InChI is InChI=1S/C61H55N.C3H6/c1-5-9-30-49(7-3)61(50-31-19-13-20-32-50,51-33-21-14-22-34-51)52-40-38-48(39-41-52)54-42-44-59(55(25-6-2)53(54)8-4)62-58-36-24-23-35-56(58)57-45-47(37-43-60(57)62)29-16-11-10-15-26-46-27-17-12-18-28-46;1-3-2/h6-9,11-28,30-45H,4-5,10,29H2,1-3H3;3H,1H2,2H3/b16-11-,25-6-,26-15+,30-9-,49-7+;. The van der Waals surface area contributed by atoms with Crippen molar-refractivity contribution < 1.29 is 0 Å². The quantitative estimate of drug-likeness (QED) is 0.0550. The minimum atomic E-state index is -0.505. The SMILES string of the molecule is C=CC.C=Cc1c(-c2ccc(C(C(/C=C\CC)=C/C)(c3ccccc3)c3ccccc3)cc2)ccc(-n2c3ccccc3c3cc(C/C=C\C/C=C/c4ccccc4)ccc32)c1/C=C\C. The zero-order valence-electron chi connectivity index (χ0n) is 38.5. The average Bonchev–Trinajstić information content (AvgIpc) is 3.68. The Kier molecular flexibility index (Phi) is 15.6. The second kappa shape index (κ2) is 22.2. The Morgan fingerprint density at radius 3 is 1.82 bits per heavy atom. The van der Waals surface area contributed by atoms with E-state index in [1.165, 1.54) is 55.2 Å². The van der Waals surface area contributed by atoms with Gasteiger partial charge in [0, 0.05) is 16.3 Å². The van der Waals surface area contributed by atoms with Gasteiger partial charge in [0.2, 0.25) is 0 Å². The van der Waals surface area contributed by atoms with E-state index in [0.29, 0.717) is 0 Å². The highest BCUT2D eigenvalue weighted by Crippen LogP contribution is 2.47. The van der Waals surface area contributed by atoms with Gasteiger partial charge >= 0.3 is 0 Å². The third kappa shape index (κ3) is 9.71. The Morgan fingerprint density at radius 2 is 1.18 bits per heavy atom. The van der Waals surface area contributed by atoms with Gasteiger partial charge in [-0.1, -0.05) is 226 Å². The molecule has 0 radical (unpaired) electrons. The van der Waals surface area contributed by atoms with Crippen LogP contribution >= 0.6 is 0 Å². The van der Waals surface area contributed by atoms with Crippen LogP contribution in [0, 0.1) is 0 Å². The number of aromatic nitrogens is 1. The molecule has 8 rings (SSSR count). The van der Waals surface area contributed by atoms with Gasteiger partial charge in [-0.05, 0) is 114 Å². The van der Waals surface area contributed by atoms with Gasteiger partial charge in [0.1, 0.15) is 0 Å². The van der Waals surface area contributed by atoms with Crippen LogP contribution in [-0.2, 0) is 11.8 Å². The largest absolute Gasteiger partial charge is 0.309 e. The maximum absolute atomic E-state index is 4.41. The molecule has 7 aromatic carbocycles. The number of fused-ring (bicyclic) bond motifs is 3. The number of hydrogen-bond donors (Lipinski definition) is 0. The lowest BCUT2D eigenvalue weighted by atomic mass is 9.64. The van der Waals surface area contributed by atoms with E-state index in [1.807, 2.05) is 13.0 Å². The molecule has 322 valence electrons. The molecule has 0 spiro atoms. The molecule has 1 heterocycles. The lowest BCUT2D eigenvalue weighted by molar-refractivity contribution is 0.741. The summed E-state index contributed by atoms with van der Waals surface area (Å²) in [5, 5.41) is 2.51. The summed E-state index contributed by atoms with van der Waals surface area (Å²) >= 11 is 0. The van der Waals surface area contributed by atoms with E-state index < -0.39 is 5.41 Å². The fraction of sp³-hybridized carbons (Fsp3) is 0.125. The predicted octanol–water partition coefficient (Wildman–Crippen LogP) is 17.8. The highest BCUT2D eigenvalue weighted by atomic mass is 15.0. The number of nitrogens with zero attached hydrogens (tertiary/aromatic N) is 1. The van der Waals surface area contributed by atoms with Crippen LogP contribution in [0.25, 0.3) is 56.8 Å². The van der Waals surface area contributed by atoms with Crippen molar-refractivity contribution in [1.29, 1.82) is 0 Å². The molecule has 8 aromatic rings. The van der Waals surface area contributed by atoms with Crippen LogP contribution in [0.5, 0.6) is 0 Å². The monoisotopic (exact) mass is 843 g/mol. The molecule has 0 saturated carbocycles. The van der Waals surface area contributed by atoms with Gasteiger partial charge in [-0.25, -0.2) is 0 Å². The van der Waals surface area contributed by atoms with E-state index in [9.17, 15) is 0 Å². The van der Waals surface area contributed by atoms with Gasteiger partial charge in [-0.15, -0.1) is 6.58 Å². The van der Waals surface area contributed by atoms with Crippen LogP contribution in [0.2, 0.25) is 0 Å². The van der Waals surface area contributed by atoms with Crippen LogP contribution in [0.1, 0.15) is 79.5 Å². The normalized spacial score (nSPS) is 12.2. The minimum Gasteiger partial charge on any atom is -0.309 e. The van der Waals surface area contributed by atoms with Crippen molar-refractivity contribution in [1.82, 2.24) is 4.57 Å². The smallest absolute Gasteiger partial charge is 0.0698 e. The van der Waals surface area contributed by atoms with Crippen LogP contribution in [0.3, 0.4) is 0 Å². The van der Waals surface area contributed by atoms with Gasteiger partial charge in [-0.2, -0.15) is 0 Å². The summed E-state index contributed by atoms with van der Waals surface area (Å²) in [5.41, 5.74) is 15.0. The van der Waals surface area contributed by atoms with E-state index in [1.54, 1.807) is 6.08 Å². The molecule has 1 aromatic heterocycles. The molecule has 0 aliphatic rings. The number of allylic oxidation sites excluding steroid dienone is 9. The van der Waals surface area contributed by atoms with Crippen molar-refractivity contribution in [3.05, 3.63) is 276 Å².